The van der Waals surface area contributed by atoms with Crippen LogP contribution in [0.5, 0.6) is 0 Å². The standard InChI is InChI=1S/C12H22N2O4/c1-5-17-13-10(15)9-7-6-8-14(9)11(16)18-12(2,3)4/h9H,5-8H2,1-4H3,(H,13,15)/t9-/m1/s1. The molecule has 18 heavy (non-hydrogen) atoms. The number of nitrogens with one attached hydrogen (secondary N) is 1. The predicted octanol–water partition coefficient (Wildman–Crippen LogP) is 1.45. The van der Waals surface area contributed by atoms with Gasteiger partial charge in [-0.2, -0.15) is 0 Å². The summed E-state index contributed by atoms with van der Waals surface area (Å²) in [6.07, 6.45) is 0.985. The first kappa shape index (κ1) is 14.8. The molecule has 6 heteroatoms. The maximum Gasteiger partial charge on any atom is 0.410 e. The molecule has 0 bridgehead atoms. The van der Waals surface area contributed by atoms with Gasteiger partial charge >= 0.3 is 6.09 Å². The van der Waals surface area contributed by atoms with Gasteiger partial charge in [0.2, 0.25) is 0 Å². The minimum Gasteiger partial charge on any atom is -0.444 e. The van der Waals surface area contributed by atoms with Crippen LogP contribution < -0.4 is 5.48 Å². The number of amides is 2. The van der Waals surface area contributed by atoms with Crippen molar-refractivity contribution in [1.29, 1.82) is 0 Å². The molecule has 1 fully saturated rings. The van der Waals surface area contributed by atoms with E-state index in [0.29, 0.717) is 19.6 Å². The quantitative estimate of drug-likeness (QED) is 0.778. The molecule has 0 aromatic carbocycles. The normalized spacial score (nSPS) is 19.8. The van der Waals surface area contributed by atoms with Crippen molar-refractivity contribution in [3.63, 3.8) is 0 Å². The summed E-state index contributed by atoms with van der Waals surface area (Å²) in [5.74, 6) is -0.291. The van der Waals surface area contributed by atoms with Gasteiger partial charge in [-0.05, 0) is 40.5 Å². The SMILES string of the molecule is CCONC(=O)[C@H]1CCCN1C(=O)OC(C)(C)C. The van der Waals surface area contributed by atoms with E-state index >= 15 is 0 Å². The van der Waals surface area contributed by atoms with Crippen molar-refractivity contribution in [1.82, 2.24) is 10.4 Å². The fourth-order valence-electron chi connectivity index (χ4n) is 1.79. The maximum atomic E-state index is 11.9. The first-order chi connectivity index (χ1) is 8.35. The smallest absolute Gasteiger partial charge is 0.410 e. The third-order valence-corrected chi connectivity index (χ3v) is 2.50. The van der Waals surface area contributed by atoms with Crippen LogP contribution in [0.1, 0.15) is 40.5 Å². The van der Waals surface area contributed by atoms with Gasteiger partial charge in [0.1, 0.15) is 11.6 Å². The van der Waals surface area contributed by atoms with Crippen LogP contribution in [0.15, 0.2) is 0 Å². The second-order valence-electron chi connectivity index (χ2n) is 5.23. The van der Waals surface area contributed by atoms with Crippen molar-refractivity contribution in [2.45, 2.75) is 52.2 Å². The minimum atomic E-state index is -0.555. The average molecular weight is 258 g/mol. The fourth-order valence-corrected chi connectivity index (χ4v) is 1.79. The minimum absolute atomic E-state index is 0.291. The molecule has 0 saturated carbocycles. The number of hydrogen-bond donors (Lipinski definition) is 1. The molecule has 0 unspecified atom stereocenters. The van der Waals surface area contributed by atoms with E-state index in [-0.39, 0.29) is 5.91 Å². The third kappa shape index (κ3) is 4.18. The van der Waals surface area contributed by atoms with E-state index in [2.05, 4.69) is 5.48 Å². The Bertz CT molecular complexity index is 312. The van der Waals surface area contributed by atoms with E-state index < -0.39 is 17.7 Å². The van der Waals surface area contributed by atoms with Gasteiger partial charge in [0, 0.05) is 6.54 Å². The summed E-state index contributed by atoms with van der Waals surface area (Å²) in [4.78, 5) is 30.0. The lowest BCUT2D eigenvalue weighted by Crippen LogP contribution is -2.47. The van der Waals surface area contributed by atoms with Crippen LogP contribution in [0.25, 0.3) is 0 Å². The molecule has 1 rings (SSSR count). The number of hydrogen-bond acceptors (Lipinski definition) is 4. The van der Waals surface area contributed by atoms with Crippen LogP contribution in [0.3, 0.4) is 0 Å². The molecule has 0 aromatic rings. The van der Waals surface area contributed by atoms with Crippen molar-refractivity contribution in [3.05, 3.63) is 0 Å². The summed E-state index contributed by atoms with van der Waals surface area (Å²) in [7, 11) is 0. The molecule has 1 N–H and O–H groups in total. The number of ether oxygens (including phenoxy) is 1. The maximum absolute atomic E-state index is 11.9. The summed E-state index contributed by atoms with van der Waals surface area (Å²) >= 11 is 0. The number of carbonyl (C=O) groups excluding carboxylic acids is 2. The highest BCUT2D eigenvalue weighted by Gasteiger charge is 2.36. The van der Waals surface area contributed by atoms with E-state index in [9.17, 15) is 9.59 Å². The van der Waals surface area contributed by atoms with Crippen molar-refractivity contribution >= 4 is 12.0 Å². The second kappa shape index (κ2) is 6.04. The summed E-state index contributed by atoms with van der Waals surface area (Å²) in [6.45, 7) is 8.12. The molecule has 0 aromatic heterocycles. The Morgan fingerprint density at radius 1 is 1.39 bits per heavy atom. The lowest BCUT2D eigenvalue weighted by molar-refractivity contribution is -0.137. The summed E-state index contributed by atoms with van der Waals surface area (Å²) in [5.41, 5.74) is 1.78. The van der Waals surface area contributed by atoms with Crippen LogP contribution >= 0.6 is 0 Å². The van der Waals surface area contributed by atoms with Crippen molar-refractivity contribution in [2.24, 2.45) is 0 Å². The zero-order valence-corrected chi connectivity index (χ0v) is 11.5. The summed E-state index contributed by atoms with van der Waals surface area (Å²) < 4.78 is 5.27. The highest BCUT2D eigenvalue weighted by atomic mass is 16.6. The monoisotopic (exact) mass is 258 g/mol. The Kier molecular flexibility index (Phi) is 4.95. The molecule has 0 radical (unpaired) electrons. The zero-order chi connectivity index (χ0) is 13.8. The molecule has 2 amide bonds. The van der Waals surface area contributed by atoms with Gasteiger partial charge < -0.3 is 4.74 Å². The molecule has 6 nitrogen and oxygen atoms in total. The van der Waals surface area contributed by atoms with Crippen LogP contribution in [0.2, 0.25) is 0 Å². The Morgan fingerprint density at radius 2 is 2.06 bits per heavy atom. The van der Waals surface area contributed by atoms with E-state index in [1.807, 2.05) is 0 Å². The highest BCUT2D eigenvalue weighted by Crippen LogP contribution is 2.20. The highest BCUT2D eigenvalue weighted by molar-refractivity contribution is 5.85. The lowest BCUT2D eigenvalue weighted by atomic mass is 10.2. The van der Waals surface area contributed by atoms with Crippen LogP contribution in [0.4, 0.5) is 4.79 Å². The van der Waals surface area contributed by atoms with Crippen LogP contribution in [-0.2, 0) is 14.4 Å². The second-order valence-corrected chi connectivity index (χ2v) is 5.23. The van der Waals surface area contributed by atoms with Gasteiger partial charge in [-0.15, -0.1) is 0 Å². The Morgan fingerprint density at radius 3 is 2.61 bits per heavy atom. The van der Waals surface area contributed by atoms with Gasteiger partial charge in [0.05, 0.1) is 6.61 Å². The molecule has 0 aliphatic carbocycles. The number of rotatable bonds is 3. The largest absolute Gasteiger partial charge is 0.444 e. The summed E-state index contributed by atoms with van der Waals surface area (Å²) in [6, 6.07) is -0.494. The van der Waals surface area contributed by atoms with E-state index in [1.165, 1.54) is 4.90 Å². The third-order valence-electron chi connectivity index (χ3n) is 2.50. The van der Waals surface area contributed by atoms with E-state index in [0.717, 1.165) is 6.42 Å². The van der Waals surface area contributed by atoms with Crippen molar-refractivity contribution in [3.8, 4) is 0 Å². The molecule has 1 saturated heterocycles. The molecular weight excluding hydrogens is 236 g/mol. The Labute approximate surface area is 108 Å². The Balaban J connectivity index is 2.59. The molecule has 1 aliphatic heterocycles. The van der Waals surface area contributed by atoms with Crippen molar-refractivity contribution in [2.75, 3.05) is 13.2 Å². The van der Waals surface area contributed by atoms with Gasteiger partial charge in [-0.25, -0.2) is 10.3 Å². The topological polar surface area (TPSA) is 67.9 Å². The molecule has 1 heterocycles. The number of likely N-dealkylation sites (tertiary alicyclic amines) is 1. The van der Waals surface area contributed by atoms with Gasteiger partial charge in [0.25, 0.3) is 5.91 Å². The van der Waals surface area contributed by atoms with E-state index in [1.54, 1.807) is 27.7 Å². The van der Waals surface area contributed by atoms with Gasteiger partial charge in [-0.3, -0.25) is 14.5 Å². The lowest BCUT2D eigenvalue weighted by Gasteiger charge is -2.27. The van der Waals surface area contributed by atoms with E-state index in [4.69, 9.17) is 9.57 Å². The van der Waals surface area contributed by atoms with Gasteiger partial charge in [0.15, 0.2) is 0 Å². The molecular formula is C12H22N2O4. The first-order valence-corrected chi connectivity index (χ1v) is 6.26. The zero-order valence-electron chi connectivity index (χ0n) is 11.5. The predicted molar refractivity (Wildman–Crippen MR) is 65.7 cm³/mol. The Hall–Kier alpha value is -1.30. The molecule has 104 valence electrons. The number of carbonyl (C=O) groups is 2. The fraction of sp³-hybridized carbons (Fsp3) is 0.833. The number of nitrogens with zero attached hydrogens (tertiary/aromatic N) is 1. The average Bonchev–Trinajstić information content (AvgIpc) is 2.72. The van der Waals surface area contributed by atoms with Gasteiger partial charge in [-0.1, -0.05) is 0 Å². The van der Waals surface area contributed by atoms with Crippen LogP contribution in [0, 0.1) is 0 Å². The molecule has 1 aliphatic rings. The number of hydroxylamine groups is 1. The van der Waals surface area contributed by atoms with Crippen LogP contribution in [-0.4, -0.2) is 41.7 Å². The summed E-state index contributed by atoms with van der Waals surface area (Å²) in [5, 5.41) is 0. The first-order valence-electron chi connectivity index (χ1n) is 6.26. The molecule has 1 atom stereocenters. The molecule has 0 spiro atoms. The van der Waals surface area contributed by atoms with Crippen molar-refractivity contribution < 1.29 is 19.2 Å².